The summed E-state index contributed by atoms with van der Waals surface area (Å²) >= 11 is 0. The van der Waals surface area contributed by atoms with E-state index in [1.807, 2.05) is 25.1 Å². The lowest BCUT2D eigenvalue weighted by molar-refractivity contribution is -0.133. The predicted molar refractivity (Wildman–Crippen MR) is 85.6 cm³/mol. The molecule has 21 heavy (non-hydrogen) atoms. The molecule has 3 nitrogen and oxygen atoms in total. The summed E-state index contributed by atoms with van der Waals surface area (Å²) < 4.78 is 5.63. The van der Waals surface area contributed by atoms with E-state index in [0.29, 0.717) is 19.1 Å². The maximum absolute atomic E-state index is 12.5. The Hall–Kier alpha value is -1.51. The Morgan fingerprint density at radius 1 is 1.24 bits per heavy atom. The number of amides is 1. The molecule has 3 heteroatoms. The van der Waals surface area contributed by atoms with Crippen LogP contribution < -0.4 is 4.74 Å². The molecule has 0 saturated heterocycles. The number of nitrogens with zero attached hydrogens (tertiary/aromatic N) is 1. The number of carbonyl (C=O) groups is 1. The number of benzene rings is 1. The highest BCUT2D eigenvalue weighted by Gasteiger charge is 2.25. The van der Waals surface area contributed by atoms with Crippen molar-refractivity contribution >= 4 is 5.91 Å². The molecule has 116 valence electrons. The topological polar surface area (TPSA) is 29.5 Å². The third-order valence-corrected chi connectivity index (χ3v) is 4.31. The molecule has 1 aromatic rings. The van der Waals surface area contributed by atoms with E-state index < -0.39 is 0 Å². The van der Waals surface area contributed by atoms with E-state index in [1.54, 1.807) is 0 Å². The minimum atomic E-state index is 0.288. The van der Waals surface area contributed by atoms with Crippen LogP contribution in [-0.4, -0.2) is 30.0 Å². The van der Waals surface area contributed by atoms with Gasteiger partial charge in [0.25, 0.3) is 0 Å². The maximum atomic E-state index is 12.5. The normalized spacial score (nSPS) is 15.1. The number of rotatable bonds is 7. The van der Waals surface area contributed by atoms with Crippen LogP contribution >= 0.6 is 0 Å². The molecule has 0 atom stereocenters. The van der Waals surface area contributed by atoms with Crippen molar-refractivity contribution in [2.45, 2.75) is 58.4 Å². The standard InChI is InChI=1S/C18H27NO2/c1-3-19(16-10-6-7-11-16)18(20)14-13-15-9-5-8-12-17(15)21-4-2/h5,8-9,12,16H,3-4,6-7,10-11,13-14H2,1-2H3. The largest absolute Gasteiger partial charge is 0.494 e. The van der Waals surface area contributed by atoms with Crippen molar-refractivity contribution in [3.63, 3.8) is 0 Å². The van der Waals surface area contributed by atoms with Gasteiger partial charge >= 0.3 is 0 Å². The zero-order valence-corrected chi connectivity index (χ0v) is 13.3. The molecule has 1 fully saturated rings. The second kappa shape index (κ2) is 8.06. The summed E-state index contributed by atoms with van der Waals surface area (Å²) in [6.07, 6.45) is 6.22. The van der Waals surface area contributed by atoms with Gasteiger partial charge in [0, 0.05) is 19.0 Å². The molecule has 1 aromatic carbocycles. The zero-order valence-electron chi connectivity index (χ0n) is 13.3. The highest BCUT2D eigenvalue weighted by molar-refractivity contribution is 5.77. The zero-order chi connectivity index (χ0) is 15.1. The lowest BCUT2D eigenvalue weighted by Crippen LogP contribution is -2.38. The van der Waals surface area contributed by atoms with Crippen LogP contribution in [0.5, 0.6) is 5.75 Å². The number of ether oxygens (including phenoxy) is 1. The van der Waals surface area contributed by atoms with E-state index in [-0.39, 0.29) is 5.91 Å². The van der Waals surface area contributed by atoms with Crippen molar-refractivity contribution in [2.75, 3.05) is 13.2 Å². The van der Waals surface area contributed by atoms with Crippen molar-refractivity contribution in [3.8, 4) is 5.75 Å². The first-order chi connectivity index (χ1) is 10.3. The summed E-state index contributed by atoms with van der Waals surface area (Å²) in [5.41, 5.74) is 1.13. The van der Waals surface area contributed by atoms with Crippen molar-refractivity contribution in [3.05, 3.63) is 29.8 Å². The highest BCUT2D eigenvalue weighted by Crippen LogP contribution is 2.25. The van der Waals surface area contributed by atoms with Crippen LogP contribution in [0.25, 0.3) is 0 Å². The smallest absolute Gasteiger partial charge is 0.223 e. The molecule has 0 radical (unpaired) electrons. The molecular weight excluding hydrogens is 262 g/mol. The van der Waals surface area contributed by atoms with Gasteiger partial charge < -0.3 is 9.64 Å². The fourth-order valence-corrected chi connectivity index (χ4v) is 3.25. The van der Waals surface area contributed by atoms with Crippen LogP contribution in [0.1, 0.15) is 51.5 Å². The Bertz CT molecular complexity index is 452. The van der Waals surface area contributed by atoms with Crippen LogP contribution in [0.4, 0.5) is 0 Å². The maximum Gasteiger partial charge on any atom is 0.223 e. The summed E-state index contributed by atoms with van der Waals surface area (Å²) in [6.45, 7) is 5.57. The molecule has 1 aliphatic carbocycles. The minimum absolute atomic E-state index is 0.288. The van der Waals surface area contributed by atoms with Gasteiger partial charge in [-0.1, -0.05) is 31.0 Å². The Labute approximate surface area is 128 Å². The first-order valence-electron chi connectivity index (χ1n) is 8.26. The average molecular weight is 289 g/mol. The lowest BCUT2D eigenvalue weighted by Gasteiger charge is -2.27. The van der Waals surface area contributed by atoms with E-state index in [0.717, 1.165) is 24.3 Å². The van der Waals surface area contributed by atoms with Gasteiger partial charge in [-0.15, -0.1) is 0 Å². The molecule has 1 saturated carbocycles. The van der Waals surface area contributed by atoms with Gasteiger partial charge in [0.2, 0.25) is 5.91 Å². The van der Waals surface area contributed by atoms with E-state index >= 15 is 0 Å². The van der Waals surface area contributed by atoms with Crippen LogP contribution in [-0.2, 0) is 11.2 Å². The SMILES string of the molecule is CCOc1ccccc1CCC(=O)N(CC)C1CCCC1. The summed E-state index contributed by atoms with van der Waals surface area (Å²) in [6, 6.07) is 8.51. The summed E-state index contributed by atoms with van der Waals surface area (Å²) in [4.78, 5) is 14.6. The van der Waals surface area contributed by atoms with Gasteiger partial charge in [-0.25, -0.2) is 0 Å². The van der Waals surface area contributed by atoms with Gasteiger partial charge in [-0.05, 0) is 44.7 Å². The Balaban J connectivity index is 1.93. The first-order valence-corrected chi connectivity index (χ1v) is 8.26. The summed E-state index contributed by atoms with van der Waals surface area (Å²) in [5.74, 6) is 1.20. The molecule has 0 heterocycles. The van der Waals surface area contributed by atoms with Crippen LogP contribution in [0.3, 0.4) is 0 Å². The van der Waals surface area contributed by atoms with Crippen molar-refractivity contribution in [1.82, 2.24) is 4.90 Å². The van der Waals surface area contributed by atoms with E-state index in [1.165, 1.54) is 25.7 Å². The molecule has 1 aliphatic rings. The Morgan fingerprint density at radius 3 is 2.62 bits per heavy atom. The molecule has 0 aromatic heterocycles. The molecule has 0 bridgehead atoms. The van der Waals surface area contributed by atoms with Crippen molar-refractivity contribution < 1.29 is 9.53 Å². The van der Waals surface area contributed by atoms with Crippen molar-refractivity contribution in [1.29, 1.82) is 0 Å². The van der Waals surface area contributed by atoms with Gasteiger partial charge in [-0.2, -0.15) is 0 Å². The van der Waals surface area contributed by atoms with Gasteiger partial charge in [0.1, 0.15) is 5.75 Å². The summed E-state index contributed by atoms with van der Waals surface area (Å²) in [7, 11) is 0. The van der Waals surface area contributed by atoms with E-state index in [9.17, 15) is 4.79 Å². The van der Waals surface area contributed by atoms with E-state index in [4.69, 9.17) is 4.74 Å². The fraction of sp³-hybridized carbons (Fsp3) is 0.611. The second-order valence-corrected chi connectivity index (χ2v) is 5.66. The van der Waals surface area contributed by atoms with Crippen LogP contribution in [0.2, 0.25) is 0 Å². The molecule has 0 aliphatic heterocycles. The number of hydrogen-bond acceptors (Lipinski definition) is 2. The Morgan fingerprint density at radius 2 is 1.95 bits per heavy atom. The summed E-state index contributed by atoms with van der Waals surface area (Å²) in [5, 5.41) is 0. The Kier molecular flexibility index (Phi) is 6.09. The van der Waals surface area contributed by atoms with E-state index in [2.05, 4.69) is 17.9 Å². The number of para-hydroxylation sites is 1. The van der Waals surface area contributed by atoms with Gasteiger partial charge in [0.15, 0.2) is 0 Å². The molecule has 0 N–H and O–H groups in total. The minimum Gasteiger partial charge on any atom is -0.494 e. The average Bonchev–Trinajstić information content (AvgIpc) is 3.01. The lowest BCUT2D eigenvalue weighted by atomic mass is 10.1. The number of aryl methyl sites for hydroxylation is 1. The van der Waals surface area contributed by atoms with Crippen molar-refractivity contribution in [2.24, 2.45) is 0 Å². The molecule has 2 rings (SSSR count). The number of hydrogen-bond donors (Lipinski definition) is 0. The van der Waals surface area contributed by atoms with Crippen LogP contribution in [0, 0.1) is 0 Å². The third kappa shape index (κ3) is 4.23. The third-order valence-electron chi connectivity index (χ3n) is 4.31. The first kappa shape index (κ1) is 15.9. The molecule has 1 amide bonds. The fourth-order valence-electron chi connectivity index (χ4n) is 3.25. The highest BCUT2D eigenvalue weighted by atomic mass is 16.5. The monoisotopic (exact) mass is 289 g/mol. The van der Waals surface area contributed by atoms with Gasteiger partial charge in [-0.3, -0.25) is 4.79 Å². The number of carbonyl (C=O) groups excluding carboxylic acids is 1. The molecular formula is C18H27NO2. The molecule has 0 spiro atoms. The molecule has 0 unspecified atom stereocenters. The predicted octanol–water partition coefficient (Wildman–Crippen LogP) is 3.81. The quantitative estimate of drug-likeness (QED) is 0.764. The van der Waals surface area contributed by atoms with Gasteiger partial charge in [0.05, 0.1) is 6.61 Å². The second-order valence-electron chi connectivity index (χ2n) is 5.66. The van der Waals surface area contributed by atoms with Crippen LogP contribution in [0.15, 0.2) is 24.3 Å².